The molecule has 5 rings (SSSR count). The van der Waals surface area contributed by atoms with Crippen molar-refractivity contribution in [1.29, 1.82) is 0 Å². The number of methoxy groups -OCH3 is 1. The minimum absolute atomic E-state index is 0.113. The lowest BCUT2D eigenvalue weighted by Gasteiger charge is -2.50. The van der Waals surface area contributed by atoms with E-state index in [9.17, 15) is 5.11 Å². The van der Waals surface area contributed by atoms with Crippen LogP contribution >= 0.6 is 0 Å². The Hall–Kier alpha value is -2.00. The van der Waals surface area contributed by atoms with E-state index in [1.165, 1.54) is 36.0 Å². The normalized spacial score (nSPS) is 32.8. The molecule has 0 heterocycles. The minimum atomic E-state index is -0.113. The second-order valence-electron chi connectivity index (χ2n) is 9.53. The standard InChI is InChI=1S/C26H32O3/c1-26-13-12-19-20(22(26)10-11-25(26)27)9-8-18-14-24(23(28-2)15-21(18)19)29-16-17-6-4-3-5-7-17/h3-7,14-15,19-20,22,25,27H,8-13,16H2,1-2H3/t19?,20?,22?,25-,26+/m1/s1. The van der Waals surface area contributed by atoms with Gasteiger partial charge in [-0.2, -0.15) is 0 Å². The Morgan fingerprint density at radius 1 is 1.03 bits per heavy atom. The maximum Gasteiger partial charge on any atom is 0.161 e. The summed E-state index contributed by atoms with van der Waals surface area (Å²) in [5.74, 6) is 3.65. The molecule has 0 saturated heterocycles. The fourth-order valence-corrected chi connectivity index (χ4v) is 6.56. The molecule has 0 bridgehead atoms. The number of aliphatic hydroxyl groups excluding tert-OH is 1. The number of ether oxygens (including phenoxy) is 2. The quantitative estimate of drug-likeness (QED) is 0.748. The molecule has 0 aliphatic heterocycles. The summed E-state index contributed by atoms with van der Waals surface area (Å²) >= 11 is 0. The molecule has 5 atom stereocenters. The van der Waals surface area contributed by atoms with Gasteiger partial charge in [0.05, 0.1) is 13.2 Å². The Bertz CT molecular complexity index is 877. The molecule has 0 amide bonds. The molecule has 0 aromatic heterocycles. The maximum absolute atomic E-state index is 10.6. The Morgan fingerprint density at radius 3 is 2.66 bits per heavy atom. The third-order valence-electron chi connectivity index (χ3n) is 8.20. The van der Waals surface area contributed by atoms with E-state index in [-0.39, 0.29) is 11.5 Å². The van der Waals surface area contributed by atoms with Crippen molar-refractivity contribution in [3.63, 3.8) is 0 Å². The summed E-state index contributed by atoms with van der Waals surface area (Å²) in [6.45, 7) is 2.89. The van der Waals surface area contributed by atoms with Crippen LogP contribution in [0, 0.1) is 17.3 Å². The summed E-state index contributed by atoms with van der Waals surface area (Å²) in [7, 11) is 1.74. The predicted octanol–water partition coefficient (Wildman–Crippen LogP) is 5.49. The van der Waals surface area contributed by atoms with Crippen molar-refractivity contribution < 1.29 is 14.6 Å². The van der Waals surface area contributed by atoms with Crippen molar-refractivity contribution in [3.05, 3.63) is 59.2 Å². The van der Waals surface area contributed by atoms with Gasteiger partial charge in [0.2, 0.25) is 0 Å². The molecule has 0 radical (unpaired) electrons. The number of aliphatic hydroxyl groups is 1. The first-order chi connectivity index (χ1) is 14.1. The smallest absolute Gasteiger partial charge is 0.161 e. The van der Waals surface area contributed by atoms with Crippen LogP contribution in [0.5, 0.6) is 11.5 Å². The molecule has 3 nitrogen and oxygen atoms in total. The van der Waals surface area contributed by atoms with E-state index in [0.29, 0.717) is 24.4 Å². The van der Waals surface area contributed by atoms with Crippen LogP contribution in [-0.2, 0) is 13.0 Å². The van der Waals surface area contributed by atoms with Gasteiger partial charge in [0.25, 0.3) is 0 Å². The Morgan fingerprint density at radius 2 is 1.86 bits per heavy atom. The molecule has 2 saturated carbocycles. The van der Waals surface area contributed by atoms with Crippen LogP contribution in [0.3, 0.4) is 0 Å². The molecular weight excluding hydrogens is 360 g/mol. The van der Waals surface area contributed by atoms with Crippen molar-refractivity contribution in [2.24, 2.45) is 17.3 Å². The molecule has 154 valence electrons. The van der Waals surface area contributed by atoms with E-state index >= 15 is 0 Å². The van der Waals surface area contributed by atoms with Crippen molar-refractivity contribution in [1.82, 2.24) is 0 Å². The van der Waals surface area contributed by atoms with Gasteiger partial charge < -0.3 is 14.6 Å². The Balaban J connectivity index is 1.41. The lowest BCUT2D eigenvalue weighted by atomic mass is 9.55. The first-order valence-electron chi connectivity index (χ1n) is 11.2. The average molecular weight is 393 g/mol. The van der Waals surface area contributed by atoms with Crippen molar-refractivity contribution >= 4 is 0 Å². The van der Waals surface area contributed by atoms with Crippen LogP contribution in [0.4, 0.5) is 0 Å². The number of hydrogen-bond acceptors (Lipinski definition) is 3. The van der Waals surface area contributed by atoms with E-state index < -0.39 is 0 Å². The van der Waals surface area contributed by atoms with Crippen LogP contribution < -0.4 is 9.47 Å². The second-order valence-corrected chi connectivity index (χ2v) is 9.53. The minimum Gasteiger partial charge on any atom is -0.493 e. The van der Waals surface area contributed by atoms with Gasteiger partial charge in [0.1, 0.15) is 6.61 Å². The summed E-state index contributed by atoms with van der Waals surface area (Å²) in [5, 5.41) is 10.6. The van der Waals surface area contributed by atoms with Gasteiger partial charge in [0.15, 0.2) is 11.5 Å². The highest BCUT2D eigenvalue weighted by Gasteiger charge is 2.54. The molecule has 29 heavy (non-hydrogen) atoms. The molecule has 0 spiro atoms. The highest BCUT2D eigenvalue weighted by molar-refractivity contribution is 5.50. The van der Waals surface area contributed by atoms with Gasteiger partial charge in [-0.15, -0.1) is 0 Å². The van der Waals surface area contributed by atoms with Gasteiger partial charge in [-0.25, -0.2) is 0 Å². The van der Waals surface area contributed by atoms with Gasteiger partial charge in [-0.3, -0.25) is 0 Å². The molecule has 3 aliphatic rings. The van der Waals surface area contributed by atoms with Crippen LogP contribution in [-0.4, -0.2) is 18.3 Å². The zero-order valence-corrected chi connectivity index (χ0v) is 17.6. The molecule has 2 aromatic carbocycles. The summed E-state index contributed by atoms with van der Waals surface area (Å²) in [6.07, 6.45) is 6.69. The number of hydrogen-bond donors (Lipinski definition) is 1. The Kier molecular flexibility index (Phi) is 4.82. The van der Waals surface area contributed by atoms with Gasteiger partial charge in [-0.05, 0) is 90.5 Å². The highest BCUT2D eigenvalue weighted by atomic mass is 16.5. The summed E-state index contributed by atoms with van der Waals surface area (Å²) < 4.78 is 11.9. The third-order valence-corrected chi connectivity index (χ3v) is 8.20. The summed E-state index contributed by atoms with van der Waals surface area (Å²) in [6, 6.07) is 14.8. The number of rotatable bonds is 4. The van der Waals surface area contributed by atoms with Crippen LogP contribution in [0.25, 0.3) is 0 Å². The molecule has 2 aromatic rings. The van der Waals surface area contributed by atoms with Gasteiger partial charge >= 0.3 is 0 Å². The van der Waals surface area contributed by atoms with Crippen molar-refractivity contribution in [2.75, 3.05) is 7.11 Å². The number of fused-ring (bicyclic) bond motifs is 5. The molecule has 3 unspecified atom stereocenters. The second kappa shape index (κ2) is 7.36. The lowest BCUT2D eigenvalue weighted by molar-refractivity contribution is -0.0226. The molecule has 2 fully saturated rings. The summed E-state index contributed by atoms with van der Waals surface area (Å²) in [5.41, 5.74) is 4.19. The molecular formula is C26H32O3. The molecule has 3 aliphatic carbocycles. The Labute approximate surface area is 174 Å². The number of benzene rings is 2. The van der Waals surface area contributed by atoms with E-state index in [2.05, 4.69) is 31.2 Å². The average Bonchev–Trinajstić information content (AvgIpc) is 3.06. The topological polar surface area (TPSA) is 38.7 Å². The third kappa shape index (κ3) is 3.15. The number of aryl methyl sites for hydroxylation is 1. The van der Waals surface area contributed by atoms with E-state index in [0.717, 1.165) is 30.8 Å². The lowest BCUT2D eigenvalue weighted by Crippen LogP contribution is -2.43. The highest BCUT2D eigenvalue weighted by Crippen LogP contribution is 2.61. The van der Waals surface area contributed by atoms with E-state index in [4.69, 9.17) is 9.47 Å². The van der Waals surface area contributed by atoms with E-state index in [1.54, 1.807) is 7.11 Å². The van der Waals surface area contributed by atoms with E-state index in [1.807, 2.05) is 18.2 Å². The van der Waals surface area contributed by atoms with Crippen molar-refractivity contribution in [3.8, 4) is 11.5 Å². The fraction of sp³-hybridized carbons (Fsp3) is 0.538. The molecule has 1 N–H and O–H groups in total. The SMILES string of the molecule is COc1cc2c(cc1OCc1ccccc1)CCC1C2CC[C@@]2(C)C1CC[C@H]2O. The zero-order chi connectivity index (χ0) is 20.0. The fourth-order valence-electron chi connectivity index (χ4n) is 6.56. The molecule has 3 heteroatoms. The maximum atomic E-state index is 10.6. The zero-order valence-electron chi connectivity index (χ0n) is 17.6. The van der Waals surface area contributed by atoms with Crippen LogP contribution in [0.1, 0.15) is 61.6 Å². The van der Waals surface area contributed by atoms with Gasteiger partial charge in [-0.1, -0.05) is 37.3 Å². The van der Waals surface area contributed by atoms with Gasteiger partial charge in [0, 0.05) is 0 Å². The largest absolute Gasteiger partial charge is 0.493 e. The van der Waals surface area contributed by atoms with Crippen molar-refractivity contribution in [2.45, 2.75) is 64.1 Å². The van der Waals surface area contributed by atoms with Crippen LogP contribution in [0.15, 0.2) is 42.5 Å². The first-order valence-corrected chi connectivity index (χ1v) is 11.2. The monoisotopic (exact) mass is 392 g/mol. The van der Waals surface area contributed by atoms with Crippen LogP contribution in [0.2, 0.25) is 0 Å². The summed E-state index contributed by atoms with van der Waals surface area (Å²) in [4.78, 5) is 0. The predicted molar refractivity (Wildman–Crippen MR) is 114 cm³/mol. The first kappa shape index (κ1) is 19.0.